The molecule has 0 amide bonds. The lowest BCUT2D eigenvalue weighted by Crippen LogP contribution is -2.32. The van der Waals surface area contributed by atoms with Gasteiger partial charge in [-0.15, -0.1) is 0 Å². The largest absolute Gasteiger partial charge is 0.380 e. The van der Waals surface area contributed by atoms with Gasteiger partial charge in [0.05, 0.1) is 18.6 Å². The number of methoxy groups -OCH3 is 1. The zero-order chi connectivity index (χ0) is 11.5. The highest BCUT2D eigenvalue weighted by molar-refractivity contribution is 5.85. The molecule has 5 nitrogen and oxygen atoms in total. The Balaban J connectivity index is 1.92. The summed E-state index contributed by atoms with van der Waals surface area (Å²) in [5.41, 5.74) is 0. The van der Waals surface area contributed by atoms with Crippen LogP contribution in [0.5, 0.6) is 0 Å². The number of Topliss-reactive ketones (excluding diaryl/α,β-unsaturated/α-hetero) is 1. The smallest absolute Gasteiger partial charge is 0.157 e. The van der Waals surface area contributed by atoms with Crippen molar-refractivity contribution in [3.8, 4) is 0 Å². The molecular formula is C11H17N3O2. The maximum atomic E-state index is 12.0. The molecule has 2 atom stereocenters. The monoisotopic (exact) mass is 223 g/mol. The maximum Gasteiger partial charge on any atom is 0.157 e. The first-order valence-corrected chi connectivity index (χ1v) is 5.45. The summed E-state index contributed by atoms with van der Waals surface area (Å²) >= 11 is 0. The summed E-state index contributed by atoms with van der Waals surface area (Å²) in [5, 5.41) is 3.18. The van der Waals surface area contributed by atoms with Crippen LogP contribution in [0.3, 0.4) is 0 Å². The van der Waals surface area contributed by atoms with E-state index in [0.29, 0.717) is 6.42 Å². The number of ether oxygens (including phenoxy) is 1. The van der Waals surface area contributed by atoms with Crippen molar-refractivity contribution in [3.63, 3.8) is 0 Å². The minimum absolute atomic E-state index is 0.0818. The van der Waals surface area contributed by atoms with Crippen molar-refractivity contribution in [1.82, 2.24) is 14.9 Å². The third-order valence-electron chi connectivity index (χ3n) is 3.07. The standard InChI is InChI=1S/C11H17N3O2/c1-14-4-3-12-11(14)6-10(15)9-5-8(16-2)7-13-9/h3-4,8-9,13H,5-7H2,1-2H3. The summed E-state index contributed by atoms with van der Waals surface area (Å²) in [7, 11) is 3.58. The molecule has 0 radical (unpaired) electrons. The van der Waals surface area contributed by atoms with Crippen molar-refractivity contribution in [2.24, 2.45) is 7.05 Å². The van der Waals surface area contributed by atoms with Gasteiger partial charge in [-0.25, -0.2) is 4.98 Å². The number of hydrogen-bond acceptors (Lipinski definition) is 4. The fourth-order valence-electron chi connectivity index (χ4n) is 1.97. The van der Waals surface area contributed by atoms with Gasteiger partial charge in [0.25, 0.3) is 0 Å². The summed E-state index contributed by atoms with van der Waals surface area (Å²) in [4.78, 5) is 16.1. The van der Waals surface area contributed by atoms with Gasteiger partial charge in [0.1, 0.15) is 5.82 Å². The molecule has 1 aromatic heterocycles. The Hall–Kier alpha value is -1.20. The van der Waals surface area contributed by atoms with Crippen molar-refractivity contribution < 1.29 is 9.53 Å². The van der Waals surface area contributed by atoms with Gasteiger partial charge < -0.3 is 14.6 Å². The van der Waals surface area contributed by atoms with Crippen molar-refractivity contribution in [3.05, 3.63) is 18.2 Å². The number of carbonyl (C=O) groups is 1. The van der Waals surface area contributed by atoms with Crippen LogP contribution in [0.2, 0.25) is 0 Å². The minimum Gasteiger partial charge on any atom is -0.380 e. The second kappa shape index (κ2) is 4.76. The van der Waals surface area contributed by atoms with Crippen LogP contribution >= 0.6 is 0 Å². The number of ketones is 1. The van der Waals surface area contributed by atoms with Gasteiger partial charge in [0.15, 0.2) is 5.78 Å². The molecule has 1 aliphatic rings. The van der Waals surface area contributed by atoms with Gasteiger partial charge in [0.2, 0.25) is 0 Å². The van der Waals surface area contributed by atoms with Gasteiger partial charge >= 0.3 is 0 Å². The molecule has 1 aromatic rings. The maximum absolute atomic E-state index is 12.0. The molecule has 16 heavy (non-hydrogen) atoms. The van der Waals surface area contributed by atoms with Crippen LogP contribution in [0.1, 0.15) is 12.2 Å². The van der Waals surface area contributed by atoms with E-state index in [2.05, 4.69) is 10.3 Å². The molecule has 2 rings (SSSR count). The number of aromatic nitrogens is 2. The van der Waals surface area contributed by atoms with E-state index in [1.807, 2.05) is 17.8 Å². The number of nitrogens with one attached hydrogen (secondary N) is 1. The molecule has 1 aliphatic heterocycles. The molecule has 2 unspecified atom stereocenters. The summed E-state index contributed by atoms with van der Waals surface area (Å²) in [5.74, 6) is 1.00. The molecule has 0 aromatic carbocycles. The number of hydrogen-bond donors (Lipinski definition) is 1. The van der Waals surface area contributed by atoms with E-state index in [9.17, 15) is 4.79 Å². The summed E-state index contributed by atoms with van der Waals surface area (Å²) in [6, 6.07) is -0.0818. The zero-order valence-corrected chi connectivity index (χ0v) is 9.64. The first kappa shape index (κ1) is 11.3. The van der Waals surface area contributed by atoms with E-state index in [0.717, 1.165) is 18.8 Å². The lowest BCUT2D eigenvalue weighted by molar-refractivity contribution is -0.120. The second-order valence-electron chi connectivity index (χ2n) is 4.15. The van der Waals surface area contributed by atoms with Crippen LogP contribution < -0.4 is 5.32 Å². The zero-order valence-electron chi connectivity index (χ0n) is 9.64. The Morgan fingerprint density at radius 2 is 2.56 bits per heavy atom. The van der Waals surface area contributed by atoms with Gasteiger partial charge in [-0.1, -0.05) is 0 Å². The second-order valence-corrected chi connectivity index (χ2v) is 4.15. The molecule has 1 fully saturated rings. The molecule has 0 bridgehead atoms. The molecule has 88 valence electrons. The van der Waals surface area contributed by atoms with Crippen LogP contribution in [0, 0.1) is 0 Å². The Kier molecular flexibility index (Phi) is 3.36. The predicted molar refractivity (Wildman–Crippen MR) is 59.1 cm³/mol. The average Bonchev–Trinajstić information content (AvgIpc) is 2.88. The Labute approximate surface area is 94.8 Å². The van der Waals surface area contributed by atoms with Crippen molar-refractivity contribution in [2.45, 2.75) is 25.0 Å². The fourth-order valence-corrected chi connectivity index (χ4v) is 1.97. The topological polar surface area (TPSA) is 56.1 Å². The van der Waals surface area contributed by atoms with E-state index in [1.165, 1.54) is 0 Å². The molecular weight excluding hydrogens is 206 g/mol. The highest BCUT2D eigenvalue weighted by atomic mass is 16.5. The van der Waals surface area contributed by atoms with E-state index in [4.69, 9.17) is 4.74 Å². The third kappa shape index (κ3) is 2.31. The number of nitrogens with zero attached hydrogens (tertiary/aromatic N) is 2. The first-order chi connectivity index (χ1) is 7.70. The summed E-state index contributed by atoms with van der Waals surface area (Å²) in [6.07, 6.45) is 4.87. The third-order valence-corrected chi connectivity index (χ3v) is 3.07. The van der Waals surface area contributed by atoms with Crippen molar-refractivity contribution >= 4 is 5.78 Å². The Bertz CT molecular complexity index is 375. The Morgan fingerprint density at radius 1 is 1.75 bits per heavy atom. The lowest BCUT2D eigenvalue weighted by Gasteiger charge is -2.09. The highest BCUT2D eigenvalue weighted by Crippen LogP contribution is 2.12. The summed E-state index contributed by atoms with van der Waals surface area (Å²) in [6.45, 7) is 0.757. The van der Waals surface area contributed by atoms with E-state index in [-0.39, 0.29) is 17.9 Å². The lowest BCUT2D eigenvalue weighted by atomic mass is 10.1. The summed E-state index contributed by atoms with van der Waals surface area (Å²) < 4.78 is 7.09. The fraction of sp³-hybridized carbons (Fsp3) is 0.636. The van der Waals surface area contributed by atoms with Gasteiger partial charge in [-0.2, -0.15) is 0 Å². The quantitative estimate of drug-likeness (QED) is 0.775. The first-order valence-electron chi connectivity index (χ1n) is 5.45. The van der Waals surface area contributed by atoms with Gasteiger partial charge in [-0.3, -0.25) is 4.79 Å². The van der Waals surface area contributed by atoms with Crippen LogP contribution in [0.4, 0.5) is 0 Å². The van der Waals surface area contributed by atoms with Gasteiger partial charge in [-0.05, 0) is 6.42 Å². The van der Waals surface area contributed by atoms with Crippen LogP contribution in [-0.2, 0) is 23.0 Å². The number of carbonyl (C=O) groups excluding carboxylic acids is 1. The van der Waals surface area contributed by atoms with Crippen molar-refractivity contribution in [2.75, 3.05) is 13.7 Å². The molecule has 5 heteroatoms. The molecule has 0 saturated carbocycles. The number of aryl methyl sites for hydroxylation is 1. The SMILES string of the molecule is COC1CNC(C(=O)Cc2nccn2C)C1. The van der Waals surface area contributed by atoms with E-state index < -0.39 is 0 Å². The molecule has 2 heterocycles. The van der Waals surface area contributed by atoms with E-state index in [1.54, 1.807) is 13.3 Å². The minimum atomic E-state index is -0.0818. The average molecular weight is 223 g/mol. The van der Waals surface area contributed by atoms with Crippen LogP contribution in [0.15, 0.2) is 12.4 Å². The van der Waals surface area contributed by atoms with E-state index >= 15 is 0 Å². The predicted octanol–water partition coefficient (Wildman–Crippen LogP) is -0.0914. The molecule has 1 saturated heterocycles. The molecule has 0 aliphatic carbocycles. The molecule has 1 N–H and O–H groups in total. The van der Waals surface area contributed by atoms with Crippen molar-refractivity contribution in [1.29, 1.82) is 0 Å². The van der Waals surface area contributed by atoms with Gasteiger partial charge in [0, 0.05) is 33.1 Å². The normalized spacial score (nSPS) is 24.9. The molecule has 0 spiro atoms. The number of rotatable bonds is 4. The Morgan fingerprint density at radius 3 is 3.12 bits per heavy atom. The number of imidazole rings is 1. The highest BCUT2D eigenvalue weighted by Gasteiger charge is 2.29. The van der Waals surface area contributed by atoms with Crippen LogP contribution in [0.25, 0.3) is 0 Å². The van der Waals surface area contributed by atoms with Crippen LogP contribution in [-0.4, -0.2) is 41.1 Å².